The number of aromatic nitrogens is 1. The molecule has 0 aliphatic carbocycles. The van der Waals surface area contributed by atoms with E-state index in [1.165, 1.54) is 5.57 Å². The topological polar surface area (TPSA) is 68.9 Å². The van der Waals surface area contributed by atoms with Crippen LogP contribution in [0, 0.1) is 0 Å². The third kappa shape index (κ3) is 5.08. The summed E-state index contributed by atoms with van der Waals surface area (Å²) in [6, 6.07) is 16.8. The summed E-state index contributed by atoms with van der Waals surface area (Å²) in [5.41, 5.74) is 6.22. The highest BCUT2D eigenvalue weighted by Gasteiger charge is 2.05. The Labute approximate surface area is 176 Å². The van der Waals surface area contributed by atoms with Crippen molar-refractivity contribution in [1.29, 1.82) is 0 Å². The molecule has 1 heterocycles. The number of aromatic amines is 1. The molecule has 30 heavy (non-hydrogen) atoms. The number of carbonyl (C=O) groups excluding carboxylic acids is 1. The van der Waals surface area contributed by atoms with Gasteiger partial charge in [0.1, 0.15) is 0 Å². The molecule has 0 fully saturated rings. The van der Waals surface area contributed by atoms with Gasteiger partial charge in [0, 0.05) is 33.8 Å². The Morgan fingerprint density at radius 1 is 0.900 bits per heavy atom. The van der Waals surface area contributed by atoms with Crippen LogP contribution in [0.5, 0.6) is 0 Å². The third-order valence-electron chi connectivity index (χ3n) is 4.59. The van der Waals surface area contributed by atoms with Crippen LogP contribution in [0.4, 0.5) is 21.9 Å². The first-order valence-corrected chi connectivity index (χ1v) is 9.58. The Morgan fingerprint density at radius 3 is 1.87 bits per heavy atom. The second-order valence-electron chi connectivity index (χ2n) is 7.16. The van der Waals surface area contributed by atoms with Crippen molar-refractivity contribution in [3.8, 4) is 11.3 Å². The molecule has 5 heteroatoms. The number of allylic oxidation sites excluding steroid dienone is 1. The van der Waals surface area contributed by atoms with E-state index in [0.717, 1.165) is 27.5 Å². The van der Waals surface area contributed by atoms with Crippen LogP contribution in [0.15, 0.2) is 79.5 Å². The molecule has 0 spiro atoms. The Hall–Kier alpha value is -3.99. The fraction of sp³-hybridized carbons (Fsp3) is 0.0800. The highest BCUT2D eigenvalue weighted by molar-refractivity contribution is 5.99. The highest BCUT2D eigenvalue weighted by Crippen LogP contribution is 2.19. The number of benzene rings is 2. The Morgan fingerprint density at radius 2 is 1.40 bits per heavy atom. The first kappa shape index (κ1) is 20.7. The molecule has 0 atom stereocenters. The van der Waals surface area contributed by atoms with Crippen molar-refractivity contribution in [2.24, 2.45) is 0 Å². The zero-order valence-corrected chi connectivity index (χ0v) is 17.3. The molecule has 5 nitrogen and oxygen atoms in total. The van der Waals surface area contributed by atoms with Gasteiger partial charge in [-0.05, 0) is 73.2 Å². The van der Waals surface area contributed by atoms with Crippen molar-refractivity contribution < 1.29 is 4.79 Å². The number of hydrogen-bond donors (Lipinski definition) is 4. The van der Waals surface area contributed by atoms with E-state index in [2.05, 4.69) is 60.6 Å². The fourth-order valence-corrected chi connectivity index (χ4v) is 3.00. The first-order chi connectivity index (χ1) is 14.4. The summed E-state index contributed by atoms with van der Waals surface area (Å²) < 4.78 is 0. The monoisotopic (exact) mass is 398 g/mol. The van der Waals surface area contributed by atoms with Crippen LogP contribution in [0.3, 0.4) is 0 Å². The lowest BCUT2D eigenvalue weighted by Gasteiger charge is -2.10. The number of rotatable bonds is 6. The zero-order valence-electron chi connectivity index (χ0n) is 17.3. The summed E-state index contributed by atoms with van der Waals surface area (Å²) in [6.07, 6.45) is 1.64. The molecular formula is C25H26N4O. The molecule has 0 radical (unpaired) electrons. The fourth-order valence-electron chi connectivity index (χ4n) is 3.00. The third-order valence-corrected chi connectivity index (χ3v) is 4.59. The van der Waals surface area contributed by atoms with Crippen LogP contribution in [-0.4, -0.2) is 11.0 Å². The van der Waals surface area contributed by atoms with Gasteiger partial charge < -0.3 is 20.9 Å². The van der Waals surface area contributed by atoms with Crippen molar-refractivity contribution in [1.82, 2.24) is 4.98 Å². The van der Waals surface area contributed by atoms with E-state index in [-0.39, 0.29) is 6.03 Å². The molecule has 0 bridgehead atoms. The molecule has 2 amide bonds. The van der Waals surface area contributed by atoms with Crippen LogP contribution in [0.25, 0.3) is 23.4 Å². The van der Waals surface area contributed by atoms with Gasteiger partial charge in [-0.25, -0.2) is 4.79 Å². The first-order valence-electron chi connectivity index (χ1n) is 9.58. The van der Waals surface area contributed by atoms with E-state index in [9.17, 15) is 4.79 Å². The van der Waals surface area contributed by atoms with Gasteiger partial charge in [-0.15, -0.1) is 0 Å². The van der Waals surface area contributed by atoms with E-state index in [4.69, 9.17) is 0 Å². The highest BCUT2D eigenvalue weighted by atomic mass is 16.2. The maximum atomic E-state index is 12.3. The van der Waals surface area contributed by atoms with Gasteiger partial charge in [0.2, 0.25) is 0 Å². The number of urea groups is 1. The molecule has 2 aromatic carbocycles. The SMILES string of the molecule is C=CC(=C)Nc1ccc(NC(=O)Nc2ccc(-c3cc(=C(C)C)c(=C)[nH]3)cc2)cc1. The average molecular weight is 399 g/mol. The molecule has 0 saturated heterocycles. The summed E-state index contributed by atoms with van der Waals surface area (Å²) in [6.45, 7) is 15.6. The second kappa shape index (κ2) is 9.01. The smallest absolute Gasteiger partial charge is 0.323 e. The molecule has 0 saturated carbocycles. The molecule has 4 N–H and O–H groups in total. The quantitative estimate of drug-likeness (QED) is 0.440. The number of hydrogen-bond acceptors (Lipinski definition) is 2. The molecule has 0 unspecified atom stereocenters. The zero-order chi connectivity index (χ0) is 21.7. The van der Waals surface area contributed by atoms with Crippen molar-refractivity contribution in [2.75, 3.05) is 16.0 Å². The van der Waals surface area contributed by atoms with E-state index >= 15 is 0 Å². The molecule has 3 aromatic rings. The van der Waals surface area contributed by atoms with Gasteiger partial charge in [0.05, 0.1) is 0 Å². The summed E-state index contributed by atoms with van der Waals surface area (Å²) in [7, 11) is 0. The predicted molar refractivity (Wildman–Crippen MR) is 128 cm³/mol. The van der Waals surface area contributed by atoms with E-state index in [1.54, 1.807) is 6.08 Å². The standard InChI is InChI=1S/C25H26N4O/c1-6-17(4)26-20-11-13-22(14-12-20)29-25(30)28-21-9-7-19(8-10-21)24-15-23(16(2)3)18(5)27-24/h6-15,26-27H,1,4-5H2,2-3H3,(H2,28,29,30). The van der Waals surface area contributed by atoms with Crippen LogP contribution in [-0.2, 0) is 0 Å². The van der Waals surface area contributed by atoms with Crippen molar-refractivity contribution >= 4 is 35.2 Å². The van der Waals surface area contributed by atoms with E-state index in [1.807, 2.05) is 48.5 Å². The maximum absolute atomic E-state index is 12.3. The van der Waals surface area contributed by atoms with Crippen molar-refractivity contribution in [3.63, 3.8) is 0 Å². The van der Waals surface area contributed by atoms with Gasteiger partial charge >= 0.3 is 6.03 Å². The number of carbonyl (C=O) groups is 1. The lowest BCUT2D eigenvalue weighted by atomic mass is 10.1. The molecule has 0 aliphatic heterocycles. The van der Waals surface area contributed by atoms with Crippen molar-refractivity contribution in [2.45, 2.75) is 13.8 Å². The number of nitrogens with one attached hydrogen (secondary N) is 4. The minimum Gasteiger partial charge on any atom is -0.356 e. The number of anilines is 3. The second-order valence-corrected chi connectivity index (χ2v) is 7.16. The van der Waals surface area contributed by atoms with Crippen LogP contribution in [0.2, 0.25) is 0 Å². The summed E-state index contributed by atoms with van der Waals surface area (Å²) in [5.74, 6) is 0. The van der Waals surface area contributed by atoms with Gasteiger partial charge in [-0.1, -0.05) is 37.4 Å². The molecule has 0 aliphatic rings. The van der Waals surface area contributed by atoms with Gasteiger partial charge in [-0.3, -0.25) is 0 Å². The summed E-state index contributed by atoms with van der Waals surface area (Å²) in [4.78, 5) is 15.6. The lowest BCUT2D eigenvalue weighted by Crippen LogP contribution is -2.21. The number of H-pyrrole nitrogens is 1. The largest absolute Gasteiger partial charge is 0.356 e. The molecule has 3 rings (SSSR count). The minimum atomic E-state index is -0.308. The van der Waals surface area contributed by atoms with Crippen LogP contribution < -0.4 is 26.5 Å². The van der Waals surface area contributed by atoms with E-state index in [0.29, 0.717) is 17.1 Å². The van der Waals surface area contributed by atoms with Gasteiger partial charge in [-0.2, -0.15) is 0 Å². The Kier molecular flexibility index (Phi) is 6.23. The Balaban J connectivity index is 1.63. The maximum Gasteiger partial charge on any atom is 0.323 e. The van der Waals surface area contributed by atoms with Crippen LogP contribution in [0.1, 0.15) is 13.8 Å². The molecule has 152 valence electrons. The normalized spacial score (nSPS) is 10.2. The number of amides is 2. The average Bonchev–Trinajstić information content (AvgIpc) is 3.12. The predicted octanol–water partition coefficient (Wildman–Crippen LogP) is 5.04. The summed E-state index contributed by atoms with van der Waals surface area (Å²) in [5, 5.41) is 10.8. The van der Waals surface area contributed by atoms with Gasteiger partial charge in [0.15, 0.2) is 0 Å². The van der Waals surface area contributed by atoms with Crippen LogP contribution >= 0.6 is 0 Å². The molecular weight excluding hydrogens is 372 g/mol. The van der Waals surface area contributed by atoms with Crippen molar-refractivity contribution in [3.05, 3.63) is 90.1 Å². The molecule has 1 aromatic heterocycles. The summed E-state index contributed by atoms with van der Waals surface area (Å²) >= 11 is 0. The van der Waals surface area contributed by atoms with Gasteiger partial charge in [0.25, 0.3) is 0 Å². The lowest BCUT2D eigenvalue weighted by molar-refractivity contribution is 0.262. The Bertz CT molecular complexity index is 1180. The van der Waals surface area contributed by atoms with E-state index < -0.39 is 0 Å². The minimum absolute atomic E-state index is 0.308.